The van der Waals surface area contributed by atoms with Gasteiger partial charge in [-0.2, -0.15) is 0 Å². The minimum Gasteiger partial charge on any atom is -0.490 e. The highest BCUT2D eigenvalue weighted by Crippen LogP contribution is 2.37. The first-order valence-electron chi connectivity index (χ1n) is 10.4. The zero-order valence-electron chi connectivity index (χ0n) is 17.9. The summed E-state index contributed by atoms with van der Waals surface area (Å²) in [6.07, 6.45) is 3.27. The van der Waals surface area contributed by atoms with Crippen LogP contribution in [0.5, 0.6) is 5.75 Å². The Hall–Kier alpha value is -3.27. The van der Waals surface area contributed by atoms with Crippen molar-refractivity contribution in [2.24, 2.45) is 7.05 Å². The number of ether oxygens (including phenoxy) is 1. The van der Waals surface area contributed by atoms with Crippen molar-refractivity contribution >= 4 is 26.8 Å². The zero-order chi connectivity index (χ0) is 23.0. The Balaban J connectivity index is 1.81. The molecule has 0 spiro atoms. The third-order valence-corrected chi connectivity index (χ3v) is 7.61. The van der Waals surface area contributed by atoms with Gasteiger partial charge in [-0.3, -0.25) is 4.79 Å². The van der Waals surface area contributed by atoms with Gasteiger partial charge in [0.15, 0.2) is 9.84 Å². The second kappa shape index (κ2) is 8.34. The Morgan fingerprint density at radius 1 is 1.22 bits per heavy atom. The number of carbonyl (C=O) groups is 1. The summed E-state index contributed by atoms with van der Waals surface area (Å²) < 4.78 is 32.8. The summed E-state index contributed by atoms with van der Waals surface area (Å²) in [5.41, 5.74) is 1.49. The molecule has 3 heterocycles. The van der Waals surface area contributed by atoms with E-state index in [-0.39, 0.29) is 22.3 Å². The van der Waals surface area contributed by atoms with Crippen LogP contribution < -0.4 is 10.3 Å². The number of amides is 1. The molecule has 0 aliphatic carbocycles. The fraction of sp³-hybridized carbons (Fsp3) is 0.364. The molecule has 1 fully saturated rings. The van der Waals surface area contributed by atoms with Gasteiger partial charge >= 0.3 is 6.09 Å². The number of hydrogen-bond donors (Lipinski definition) is 2. The van der Waals surface area contributed by atoms with E-state index in [2.05, 4.69) is 4.98 Å². The molecular weight excluding hydrogens is 434 g/mol. The number of rotatable bonds is 5. The van der Waals surface area contributed by atoms with Crippen LogP contribution in [0.15, 0.2) is 46.3 Å². The molecule has 2 aromatic heterocycles. The number of carboxylic acid groups (broad SMARTS) is 1. The van der Waals surface area contributed by atoms with E-state index in [1.807, 2.05) is 0 Å². The Labute approximate surface area is 185 Å². The summed E-state index contributed by atoms with van der Waals surface area (Å²) in [4.78, 5) is 28.2. The molecule has 0 saturated carbocycles. The maximum absolute atomic E-state index is 12.6. The van der Waals surface area contributed by atoms with Crippen LogP contribution in [-0.2, 0) is 16.9 Å². The molecule has 1 aliphatic rings. The number of sulfone groups is 1. The van der Waals surface area contributed by atoms with E-state index in [1.165, 1.54) is 15.5 Å². The summed E-state index contributed by atoms with van der Waals surface area (Å²) in [5.74, 6) is 0.461. The first-order valence-corrected chi connectivity index (χ1v) is 12.0. The largest absolute Gasteiger partial charge is 0.490 e. The van der Waals surface area contributed by atoms with Gasteiger partial charge in [-0.25, -0.2) is 13.2 Å². The second-order valence-corrected chi connectivity index (χ2v) is 10.2. The van der Waals surface area contributed by atoms with Crippen LogP contribution in [0, 0.1) is 0 Å². The highest BCUT2D eigenvalue weighted by Gasteiger charge is 2.25. The van der Waals surface area contributed by atoms with E-state index >= 15 is 0 Å². The molecule has 3 aromatic rings. The van der Waals surface area contributed by atoms with Crippen LogP contribution >= 0.6 is 0 Å². The number of aromatic amines is 1. The molecule has 0 radical (unpaired) electrons. The third kappa shape index (κ3) is 3.97. The number of aryl methyl sites for hydroxylation is 1. The molecule has 1 saturated heterocycles. The lowest BCUT2D eigenvalue weighted by Crippen LogP contribution is -2.41. The number of H-pyrrole nitrogens is 1. The molecular formula is C22H25N3O6S. The Bertz CT molecular complexity index is 1330. The SMILES string of the molecule is CCS(=O)(=O)c1ccc(OC2CCN(C(=O)O)CC2)c(-c2cn(C)c(=O)c3[nH]ccc23)c1. The molecule has 0 atom stereocenters. The lowest BCUT2D eigenvalue weighted by atomic mass is 10.0. The van der Waals surface area contributed by atoms with Crippen molar-refractivity contribution in [2.45, 2.75) is 30.8 Å². The lowest BCUT2D eigenvalue weighted by Gasteiger charge is -2.31. The van der Waals surface area contributed by atoms with Crippen molar-refractivity contribution in [3.63, 3.8) is 0 Å². The molecule has 4 rings (SSSR count). The highest BCUT2D eigenvalue weighted by molar-refractivity contribution is 7.91. The van der Waals surface area contributed by atoms with Crippen molar-refractivity contribution in [1.29, 1.82) is 0 Å². The van der Waals surface area contributed by atoms with E-state index in [0.29, 0.717) is 53.7 Å². The molecule has 0 unspecified atom stereocenters. The van der Waals surface area contributed by atoms with E-state index in [9.17, 15) is 18.0 Å². The molecule has 32 heavy (non-hydrogen) atoms. The number of likely N-dealkylation sites (tertiary alicyclic amines) is 1. The van der Waals surface area contributed by atoms with Gasteiger partial charge in [-0.15, -0.1) is 0 Å². The van der Waals surface area contributed by atoms with Crippen LogP contribution in [0.2, 0.25) is 0 Å². The smallest absolute Gasteiger partial charge is 0.407 e. The average molecular weight is 460 g/mol. The zero-order valence-corrected chi connectivity index (χ0v) is 18.7. The van der Waals surface area contributed by atoms with Crippen LogP contribution in [0.1, 0.15) is 19.8 Å². The van der Waals surface area contributed by atoms with Crippen molar-refractivity contribution in [1.82, 2.24) is 14.5 Å². The van der Waals surface area contributed by atoms with Crippen molar-refractivity contribution in [3.8, 4) is 16.9 Å². The number of hydrogen-bond acceptors (Lipinski definition) is 5. The predicted octanol–water partition coefficient (Wildman–Crippen LogP) is 2.85. The number of nitrogens with one attached hydrogen (secondary N) is 1. The lowest BCUT2D eigenvalue weighted by molar-refractivity contribution is 0.0897. The van der Waals surface area contributed by atoms with Crippen LogP contribution in [0.4, 0.5) is 4.79 Å². The van der Waals surface area contributed by atoms with Gasteiger partial charge in [-0.1, -0.05) is 6.92 Å². The van der Waals surface area contributed by atoms with Gasteiger partial charge in [0.2, 0.25) is 0 Å². The number of benzene rings is 1. The number of pyridine rings is 1. The molecule has 170 valence electrons. The van der Waals surface area contributed by atoms with Gasteiger partial charge in [0.25, 0.3) is 5.56 Å². The van der Waals surface area contributed by atoms with Crippen LogP contribution in [-0.4, -0.2) is 59.0 Å². The van der Waals surface area contributed by atoms with Gasteiger partial charge in [0, 0.05) is 61.9 Å². The van der Waals surface area contributed by atoms with E-state index in [4.69, 9.17) is 9.84 Å². The normalized spacial score (nSPS) is 15.2. The summed E-state index contributed by atoms with van der Waals surface area (Å²) in [6, 6.07) is 6.54. The van der Waals surface area contributed by atoms with Crippen LogP contribution in [0.3, 0.4) is 0 Å². The predicted molar refractivity (Wildman–Crippen MR) is 120 cm³/mol. The number of nitrogens with zero attached hydrogens (tertiary/aromatic N) is 2. The van der Waals surface area contributed by atoms with Crippen molar-refractivity contribution in [2.75, 3.05) is 18.8 Å². The molecule has 1 aromatic carbocycles. The van der Waals surface area contributed by atoms with E-state index in [1.54, 1.807) is 44.6 Å². The molecule has 10 heteroatoms. The molecule has 0 bridgehead atoms. The quantitative estimate of drug-likeness (QED) is 0.605. The second-order valence-electron chi connectivity index (χ2n) is 7.87. The summed E-state index contributed by atoms with van der Waals surface area (Å²) in [7, 11) is -1.82. The van der Waals surface area contributed by atoms with Crippen molar-refractivity contribution < 1.29 is 23.1 Å². The standard InChI is InChI=1S/C22H25N3O6S/c1-3-32(29,30)15-4-5-19(31-14-7-10-25(11-8-14)22(27)28)17(12-15)18-13-24(2)21(26)20-16(18)6-9-23-20/h4-6,9,12-14,23H,3,7-8,10-11H2,1-2H3,(H,27,28). The summed E-state index contributed by atoms with van der Waals surface area (Å²) in [6.45, 7) is 2.34. The van der Waals surface area contributed by atoms with Gasteiger partial charge in [-0.05, 0) is 24.3 Å². The number of aromatic nitrogens is 2. The first-order chi connectivity index (χ1) is 15.2. The molecule has 1 aliphatic heterocycles. The average Bonchev–Trinajstić information content (AvgIpc) is 3.27. The monoisotopic (exact) mass is 459 g/mol. The van der Waals surface area contributed by atoms with Gasteiger partial charge in [0.1, 0.15) is 17.4 Å². The summed E-state index contributed by atoms with van der Waals surface area (Å²) >= 11 is 0. The summed E-state index contributed by atoms with van der Waals surface area (Å²) in [5, 5.41) is 9.83. The fourth-order valence-electron chi connectivity index (χ4n) is 4.01. The topological polar surface area (TPSA) is 122 Å². The molecule has 1 amide bonds. The number of piperidine rings is 1. The molecule has 2 N–H and O–H groups in total. The Kier molecular flexibility index (Phi) is 5.72. The van der Waals surface area contributed by atoms with E-state index in [0.717, 1.165) is 0 Å². The maximum Gasteiger partial charge on any atom is 0.407 e. The minimum atomic E-state index is -3.46. The van der Waals surface area contributed by atoms with Gasteiger partial charge < -0.3 is 24.3 Å². The van der Waals surface area contributed by atoms with E-state index < -0.39 is 15.9 Å². The Morgan fingerprint density at radius 3 is 2.59 bits per heavy atom. The fourth-order valence-corrected chi connectivity index (χ4v) is 4.92. The van der Waals surface area contributed by atoms with Gasteiger partial charge in [0.05, 0.1) is 10.6 Å². The van der Waals surface area contributed by atoms with Crippen molar-refractivity contribution in [3.05, 3.63) is 47.0 Å². The Morgan fingerprint density at radius 2 is 1.94 bits per heavy atom. The minimum absolute atomic E-state index is 0.0346. The van der Waals surface area contributed by atoms with Crippen LogP contribution in [0.25, 0.3) is 22.0 Å². The first kappa shape index (κ1) is 21.9. The number of fused-ring (bicyclic) bond motifs is 1. The molecule has 9 nitrogen and oxygen atoms in total. The highest BCUT2D eigenvalue weighted by atomic mass is 32.2. The maximum atomic E-state index is 12.6. The third-order valence-electron chi connectivity index (χ3n) is 5.88.